The van der Waals surface area contributed by atoms with Crippen molar-refractivity contribution >= 4 is 34.3 Å². The average Bonchev–Trinajstić information content (AvgIpc) is 3.48. The van der Waals surface area contributed by atoms with E-state index < -0.39 is 0 Å². The van der Waals surface area contributed by atoms with E-state index >= 15 is 0 Å². The summed E-state index contributed by atoms with van der Waals surface area (Å²) in [6.07, 6.45) is 0. The van der Waals surface area contributed by atoms with Crippen molar-refractivity contribution in [2.75, 3.05) is 25.3 Å². The lowest BCUT2D eigenvalue weighted by Crippen LogP contribution is -2.14. The lowest BCUT2D eigenvalue weighted by Gasteiger charge is -2.13. The zero-order valence-electron chi connectivity index (χ0n) is 23.0. The third-order valence-electron chi connectivity index (χ3n) is 6.70. The Bertz CT molecular complexity index is 1840. The van der Waals surface area contributed by atoms with Gasteiger partial charge in [-0.25, -0.2) is 4.98 Å². The number of fused-ring (bicyclic) bond motifs is 1. The Hall–Kier alpha value is -5.15. The molecule has 0 aliphatic heterocycles. The standard InChI is InChI=1S/C33H27N5O3S/c1-40-25-16-12-22(13-17-25)30-20-28(27-10-6-7-11-29(27)35-30)32-36-37-33(38(32)24-8-4-3-5-9-24)42-21-31(39)34-23-14-18-26(41-2)19-15-23/h3-20H,21H2,1-2H3,(H,34,39). The van der Waals surface area contributed by atoms with Crippen LogP contribution in [0.3, 0.4) is 0 Å². The van der Waals surface area contributed by atoms with Gasteiger partial charge in [0.1, 0.15) is 11.5 Å². The van der Waals surface area contributed by atoms with Gasteiger partial charge in [-0.15, -0.1) is 10.2 Å². The molecule has 0 aliphatic carbocycles. The summed E-state index contributed by atoms with van der Waals surface area (Å²) in [6, 6.07) is 35.0. The molecule has 9 heteroatoms. The fourth-order valence-corrected chi connectivity index (χ4v) is 5.37. The number of nitrogens with one attached hydrogen (secondary N) is 1. The quantitative estimate of drug-likeness (QED) is 0.188. The van der Waals surface area contributed by atoms with Gasteiger partial charge in [0.25, 0.3) is 0 Å². The van der Waals surface area contributed by atoms with Crippen LogP contribution in [0.1, 0.15) is 0 Å². The van der Waals surface area contributed by atoms with Gasteiger partial charge in [0.2, 0.25) is 5.91 Å². The molecular formula is C33H27N5O3S. The smallest absolute Gasteiger partial charge is 0.234 e. The van der Waals surface area contributed by atoms with Gasteiger partial charge in [-0.2, -0.15) is 0 Å². The molecule has 42 heavy (non-hydrogen) atoms. The Morgan fingerprint density at radius 3 is 2.19 bits per heavy atom. The number of thioether (sulfide) groups is 1. The van der Waals surface area contributed by atoms with Crippen LogP contribution in [0, 0.1) is 0 Å². The molecule has 208 valence electrons. The third kappa shape index (κ3) is 5.68. The van der Waals surface area contributed by atoms with Gasteiger partial charge in [-0.3, -0.25) is 9.36 Å². The summed E-state index contributed by atoms with van der Waals surface area (Å²) in [5.74, 6) is 2.18. The first kappa shape index (κ1) is 27.0. The van der Waals surface area contributed by atoms with Crippen molar-refractivity contribution < 1.29 is 14.3 Å². The second kappa shape index (κ2) is 12.2. The summed E-state index contributed by atoms with van der Waals surface area (Å²) in [6.45, 7) is 0. The summed E-state index contributed by atoms with van der Waals surface area (Å²) in [7, 11) is 3.26. The highest BCUT2D eigenvalue weighted by atomic mass is 32.2. The van der Waals surface area contributed by atoms with E-state index in [-0.39, 0.29) is 11.7 Å². The number of hydrogen-bond donors (Lipinski definition) is 1. The van der Waals surface area contributed by atoms with Crippen LogP contribution in [0.25, 0.3) is 39.2 Å². The molecule has 2 heterocycles. The summed E-state index contributed by atoms with van der Waals surface area (Å²) in [5.41, 5.74) is 5.08. The molecule has 0 fully saturated rings. The van der Waals surface area contributed by atoms with Crippen molar-refractivity contribution in [3.8, 4) is 39.8 Å². The molecule has 0 radical (unpaired) electrons. The summed E-state index contributed by atoms with van der Waals surface area (Å²) in [4.78, 5) is 17.8. The number of carbonyl (C=O) groups excluding carboxylic acids is 1. The van der Waals surface area contributed by atoms with Gasteiger partial charge in [0.05, 0.1) is 31.2 Å². The van der Waals surface area contributed by atoms with E-state index in [1.165, 1.54) is 11.8 Å². The number of ether oxygens (including phenoxy) is 2. The van der Waals surface area contributed by atoms with Crippen molar-refractivity contribution in [2.24, 2.45) is 0 Å². The molecule has 0 bridgehead atoms. The minimum Gasteiger partial charge on any atom is -0.497 e. The minimum absolute atomic E-state index is 0.148. The maximum atomic E-state index is 12.8. The molecule has 8 nitrogen and oxygen atoms in total. The number of benzene rings is 4. The Morgan fingerprint density at radius 1 is 0.810 bits per heavy atom. The lowest BCUT2D eigenvalue weighted by atomic mass is 10.0. The van der Waals surface area contributed by atoms with Gasteiger partial charge in [0.15, 0.2) is 11.0 Å². The van der Waals surface area contributed by atoms with E-state index in [2.05, 4.69) is 15.5 Å². The first-order valence-corrected chi connectivity index (χ1v) is 14.2. The molecule has 0 spiro atoms. The molecule has 1 N–H and O–H groups in total. The lowest BCUT2D eigenvalue weighted by molar-refractivity contribution is -0.113. The van der Waals surface area contributed by atoms with E-state index in [4.69, 9.17) is 14.5 Å². The number of nitrogens with zero attached hydrogens (tertiary/aromatic N) is 4. The van der Waals surface area contributed by atoms with E-state index in [9.17, 15) is 4.79 Å². The number of amides is 1. The predicted molar refractivity (Wildman–Crippen MR) is 166 cm³/mol. The van der Waals surface area contributed by atoms with Gasteiger partial charge in [0, 0.05) is 27.9 Å². The highest BCUT2D eigenvalue weighted by Crippen LogP contribution is 2.35. The van der Waals surface area contributed by atoms with Crippen molar-refractivity contribution in [3.63, 3.8) is 0 Å². The number of hydrogen-bond acceptors (Lipinski definition) is 7. The van der Waals surface area contributed by atoms with Crippen LogP contribution < -0.4 is 14.8 Å². The zero-order valence-corrected chi connectivity index (χ0v) is 23.8. The molecule has 0 atom stereocenters. The fraction of sp³-hybridized carbons (Fsp3) is 0.0909. The molecule has 2 aromatic heterocycles. The Morgan fingerprint density at radius 2 is 1.48 bits per heavy atom. The van der Waals surface area contributed by atoms with E-state index in [1.54, 1.807) is 38.5 Å². The van der Waals surface area contributed by atoms with Crippen LogP contribution in [0.4, 0.5) is 5.69 Å². The molecule has 0 saturated heterocycles. The maximum absolute atomic E-state index is 12.8. The van der Waals surface area contributed by atoms with Crippen LogP contribution in [0.5, 0.6) is 11.5 Å². The summed E-state index contributed by atoms with van der Waals surface area (Å²) in [5, 5.41) is 13.7. The normalized spacial score (nSPS) is 10.9. The second-order valence-electron chi connectivity index (χ2n) is 9.34. The van der Waals surface area contributed by atoms with Crippen LogP contribution in [0.15, 0.2) is 114 Å². The Kier molecular flexibility index (Phi) is 7.83. The number of methoxy groups -OCH3 is 2. The van der Waals surface area contributed by atoms with Crippen molar-refractivity contribution in [2.45, 2.75) is 5.16 Å². The molecule has 1 amide bonds. The Balaban J connectivity index is 1.38. The summed E-state index contributed by atoms with van der Waals surface area (Å²) >= 11 is 1.33. The van der Waals surface area contributed by atoms with Gasteiger partial charge in [-0.05, 0) is 72.8 Å². The van der Waals surface area contributed by atoms with Crippen LogP contribution in [0.2, 0.25) is 0 Å². The first-order chi connectivity index (χ1) is 20.6. The van der Waals surface area contributed by atoms with Crippen LogP contribution in [-0.4, -0.2) is 45.6 Å². The highest BCUT2D eigenvalue weighted by molar-refractivity contribution is 7.99. The molecule has 0 unspecified atom stereocenters. The second-order valence-corrected chi connectivity index (χ2v) is 10.3. The van der Waals surface area contributed by atoms with Crippen molar-refractivity contribution in [1.82, 2.24) is 19.7 Å². The van der Waals surface area contributed by atoms with E-state index in [1.807, 2.05) is 89.5 Å². The number of rotatable bonds is 9. The number of aromatic nitrogens is 4. The molecule has 0 saturated carbocycles. The minimum atomic E-state index is -0.148. The van der Waals surface area contributed by atoms with Gasteiger partial charge in [-0.1, -0.05) is 48.2 Å². The SMILES string of the molecule is COc1ccc(NC(=O)CSc2nnc(-c3cc(-c4ccc(OC)cc4)nc4ccccc34)n2-c2ccccc2)cc1. The number of pyridine rings is 1. The third-order valence-corrected chi connectivity index (χ3v) is 7.63. The molecule has 6 rings (SSSR count). The first-order valence-electron chi connectivity index (χ1n) is 13.2. The number of para-hydroxylation sites is 2. The molecule has 6 aromatic rings. The van der Waals surface area contributed by atoms with E-state index in [0.717, 1.165) is 44.9 Å². The fourth-order valence-electron chi connectivity index (χ4n) is 4.62. The number of carbonyl (C=O) groups is 1. The van der Waals surface area contributed by atoms with Gasteiger partial charge >= 0.3 is 0 Å². The van der Waals surface area contributed by atoms with Crippen molar-refractivity contribution in [3.05, 3.63) is 109 Å². The maximum Gasteiger partial charge on any atom is 0.234 e. The topological polar surface area (TPSA) is 91.2 Å². The molecule has 0 aliphatic rings. The molecular weight excluding hydrogens is 546 g/mol. The average molecular weight is 574 g/mol. The summed E-state index contributed by atoms with van der Waals surface area (Å²) < 4.78 is 12.5. The zero-order chi connectivity index (χ0) is 28.9. The predicted octanol–water partition coefficient (Wildman–Crippen LogP) is 6.90. The molecule has 4 aromatic carbocycles. The highest BCUT2D eigenvalue weighted by Gasteiger charge is 2.20. The van der Waals surface area contributed by atoms with Gasteiger partial charge < -0.3 is 14.8 Å². The Labute approximate surface area is 247 Å². The van der Waals surface area contributed by atoms with E-state index in [0.29, 0.717) is 16.7 Å². The monoisotopic (exact) mass is 573 g/mol. The number of anilines is 1. The largest absolute Gasteiger partial charge is 0.497 e. The van der Waals surface area contributed by atoms with Crippen molar-refractivity contribution in [1.29, 1.82) is 0 Å². The van der Waals surface area contributed by atoms with Crippen LogP contribution >= 0.6 is 11.8 Å². The van der Waals surface area contributed by atoms with Crippen LogP contribution in [-0.2, 0) is 4.79 Å².